The van der Waals surface area contributed by atoms with Gasteiger partial charge in [0.15, 0.2) is 0 Å². The Labute approximate surface area is 104 Å². The van der Waals surface area contributed by atoms with Crippen molar-refractivity contribution in [3.8, 4) is 0 Å². The summed E-state index contributed by atoms with van der Waals surface area (Å²) in [5.74, 6) is -0.219. The molecule has 0 radical (unpaired) electrons. The summed E-state index contributed by atoms with van der Waals surface area (Å²) in [6.45, 7) is 1.88. The number of anilines is 1. The molecule has 0 bridgehead atoms. The molecular weight excluding hydrogens is 238 g/mol. The summed E-state index contributed by atoms with van der Waals surface area (Å²) >= 11 is 5.72. The maximum atomic E-state index is 11.9. The van der Waals surface area contributed by atoms with Gasteiger partial charge in [0.2, 0.25) is 0 Å². The van der Waals surface area contributed by atoms with Gasteiger partial charge >= 0.3 is 0 Å². The van der Waals surface area contributed by atoms with Crippen LogP contribution in [0, 0.1) is 6.92 Å². The first kappa shape index (κ1) is 11.5. The molecule has 0 saturated heterocycles. The van der Waals surface area contributed by atoms with Crippen LogP contribution >= 0.6 is 11.6 Å². The molecule has 0 aliphatic rings. The van der Waals surface area contributed by atoms with Crippen molar-refractivity contribution in [2.45, 2.75) is 6.92 Å². The molecule has 2 aromatic rings. The third kappa shape index (κ3) is 2.79. The molecule has 86 valence electrons. The fourth-order valence-corrected chi connectivity index (χ4v) is 1.53. The Morgan fingerprint density at radius 3 is 2.88 bits per heavy atom. The molecule has 0 spiro atoms. The van der Waals surface area contributed by atoms with Crippen LogP contribution in [0.25, 0.3) is 0 Å². The van der Waals surface area contributed by atoms with Crippen molar-refractivity contribution in [3.05, 3.63) is 53.1 Å². The third-order valence-corrected chi connectivity index (χ3v) is 2.46. The van der Waals surface area contributed by atoms with Gasteiger partial charge in [-0.2, -0.15) is 0 Å². The van der Waals surface area contributed by atoms with Gasteiger partial charge in [0.05, 0.1) is 0 Å². The SMILES string of the molecule is Cc1cnccc1NC(=O)c1ccnc(Cl)c1. The van der Waals surface area contributed by atoms with Crippen LogP contribution in [0.2, 0.25) is 5.15 Å². The van der Waals surface area contributed by atoms with E-state index in [4.69, 9.17) is 11.6 Å². The van der Waals surface area contributed by atoms with E-state index in [1.165, 1.54) is 12.3 Å². The average Bonchev–Trinajstić information content (AvgIpc) is 2.32. The lowest BCUT2D eigenvalue weighted by Crippen LogP contribution is -2.12. The van der Waals surface area contributed by atoms with E-state index in [2.05, 4.69) is 15.3 Å². The van der Waals surface area contributed by atoms with Crippen molar-refractivity contribution in [3.63, 3.8) is 0 Å². The largest absolute Gasteiger partial charge is 0.322 e. The van der Waals surface area contributed by atoms with Crippen molar-refractivity contribution < 1.29 is 4.79 Å². The summed E-state index contributed by atoms with van der Waals surface area (Å²) in [7, 11) is 0. The average molecular weight is 248 g/mol. The Morgan fingerprint density at radius 1 is 1.35 bits per heavy atom. The van der Waals surface area contributed by atoms with Crippen LogP contribution in [0.1, 0.15) is 15.9 Å². The number of pyridine rings is 2. The highest BCUT2D eigenvalue weighted by Gasteiger charge is 2.08. The Bertz CT molecular complexity index is 557. The van der Waals surface area contributed by atoms with Gasteiger partial charge in [0.1, 0.15) is 5.15 Å². The van der Waals surface area contributed by atoms with Crippen molar-refractivity contribution in [2.24, 2.45) is 0 Å². The second-order valence-corrected chi connectivity index (χ2v) is 3.90. The van der Waals surface area contributed by atoms with E-state index in [1.54, 1.807) is 24.5 Å². The summed E-state index contributed by atoms with van der Waals surface area (Å²) in [5, 5.41) is 3.08. The van der Waals surface area contributed by atoms with E-state index >= 15 is 0 Å². The molecule has 2 aromatic heterocycles. The van der Waals surface area contributed by atoms with Crippen LogP contribution < -0.4 is 5.32 Å². The van der Waals surface area contributed by atoms with E-state index in [9.17, 15) is 4.79 Å². The number of carbonyl (C=O) groups excluding carboxylic acids is 1. The number of amides is 1. The number of nitrogens with zero attached hydrogens (tertiary/aromatic N) is 2. The number of carbonyl (C=O) groups is 1. The number of aryl methyl sites for hydroxylation is 1. The summed E-state index contributed by atoms with van der Waals surface area (Å²) in [4.78, 5) is 19.7. The Kier molecular flexibility index (Phi) is 3.35. The maximum absolute atomic E-state index is 11.9. The van der Waals surface area contributed by atoms with Crippen molar-refractivity contribution in [1.82, 2.24) is 9.97 Å². The number of hydrogen-bond acceptors (Lipinski definition) is 3. The monoisotopic (exact) mass is 247 g/mol. The number of hydrogen-bond donors (Lipinski definition) is 1. The Hall–Kier alpha value is -1.94. The second kappa shape index (κ2) is 4.93. The normalized spacial score (nSPS) is 10.0. The highest BCUT2D eigenvalue weighted by Crippen LogP contribution is 2.14. The number of nitrogens with one attached hydrogen (secondary N) is 1. The highest BCUT2D eigenvalue weighted by molar-refractivity contribution is 6.29. The van der Waals surface area contributed by atoms with Gasteiger partial charge < -0.3 is 5.32 Å². The summed E-state index contributed by atoms with van der Waals surface area (Å²) < 4.78 is 0. The van der Waals surface area contributed by atoms with Crippen molar-refractivity contribution in [1.29, 1.82) is 0 Å². The van der Waals surface area contributed by atoms with Gasteiger partial charge in [0, 0.05) is 29.8 Å². The van der Waals surface area contributed by atoms with Crippen LogP contribution in [-0.4, -0.2) is 15.9 Å². The van der Waals surface area contributed by atoms with Crippen LogP contribution in [-0.2, 0) is 0 Å². The van der Waals surface area contributed by atoms with Gasteiger partial charge in [0.25, 0.3) is 5.91 Å². The molecule has 0 unspecified atom stereocenters. The molecule has 1 N–H and O–H groups in total. The molecule has 2 rings (SSSR count). The first-order valence-electron chi connectivity index (χ1n) is 5.00. The fraction of sp³-hybridized carbons (Fsp3) is 0.0833. The lowest BCUT2D eigenvalue weighted by atomic mass is 10.2. The van der Waals surface area contributed by atoms with Crippen molar-refractivity contribution in [2.75, 3.05) is 5.32 Å². The minimum atomic E-state index is -0.219. The molecule has 5 heteroatoms. The van der Waals surface area contributed by atoms with Crippen LogP contribution in [0.3, 0.4) is 0 Å². The molecule has 4 nitrogen and oxygen atoms in total. The third-order valence-electron chi connectivity index (χ3n) is 2.26. The molecule has 0 aromatic carbocycles. The molecule has 0 atom stereocenters. The maximum Gasteiger partial charge on any atom is 0.255 e. The molecule has 0 aliphatic carbocycles. The van der Waals surface area contributed by atoms with Gasteiger partial charge in [-0.25, -0.2) is 4.98 Å². The minimum absolute atomic E-state index is 0.219. The summed E-state index contributed by atoms with van der Waals surface area (Å²) in [6, 6.07) is 4.88. The summed E-state index contributed by atoms with van der Waals surface area (Å²) in [6.07, 6.45) is 4.81. The lowest BCUT2D eigenvalue weighted by Gasteiger charge is -2.07. The smallest absolute Gasteiger partial charge is 0.255 e. The fourth-order valence-electron chi connectivity index (χ4n) is 1.35. The van der Waals surface area contributed by atoms with Crippen LogP contribution in [0.15, 0.2) is 36.8 Å². The molecule has 17 heavy (non-hydrogen) atoms. The standard InChI is InChI=1S/C12H10ClN3O/c1-8-7-14-4-3-10(8)16-12(17)9-2-5-15-11(13)6-9/h2-7H,1H3,(H,14,16,17). The van der Waals surface area contributed by atoms with E-state index in [0.29, 0.717) is 10.7 Å². The highest BCUT2D eigenvalue weighted by atomic mass is 35.5. The minimum Gasteiger partial charge on any atom is -0.322 e. The topological polar surface area (TPSA) is 54.9 Å². The summed E-state index contributed by atoms with van der Waals surface area (Å²) in [5.41, 5.74) is 2.11. The van der Waals surface area contributed by atoms with E-state index in [-0.39, 0.29) is 5.91 Å². The van der Waals surface area contributed by atoms with Crippen LogP contribution in [0.5, 0.6) is 0 Å². The predicted molar refractivity (Wildman–Crippen MR) is 66.2 cm³/mol. The Balaban J connectivity index is 2.20. The molecular formula is C12H10ClN3O. The van der Waals surface area contributed by atoms with Gasteiger partial charge in [-0.15, -0.1) is 0 Å². The van der Waals surface area contributed by atoms with E-state index < -0.39 is 0 Å². The molecule has 0 saturated carbocycles. The molecule has 2 heterocycles. The zero-order valence-corrected chi connectivity index (χ0v) is 9.90. The lowest BCUT2D eigenvalue weighted by molar-refractivity contribution is 0.102. The molecule has 0 fully saturated rings. The van der Waals surface area contributed by atoms with Gasteiger partial charge in [-0.05, 0) is 30.7 Å². The molecule has 1 amide bonds. The number of aromatic nitrogens is 2. The number of halogens is 1. The first-order valence-corrected chi connectivity index (χ1v) is 5.38. The zero-order chi connectivity index (χ0) is 12.3. The van der Waals surface area contributed by atoms with E-state index in [0.717, 1.165) is 11.3 Å². The predicted octanol–water partition coefficient (Wildman–Crippen LogP) is 2.69. The zero-order valence-electron chi connectivity index (χ0n) is 9.14. The first-order chi connectivity index (χ1) is 8.16. The van der Waals surface area contributed by atoms with Crippen molar-refractivity contribution >= 4 is 23.2 Å². The number of rotatable bonds is 2. The molecule has 0 aliphatic heterocycles. The Morgan fingerprint density at radius 2 is 2.18 bits per heavy atom. The van der Waals surface area contributed by atoms with E-state index in [1.807, 2.05) is 6.92 Å². The quantitative estimate of drug-likeness (QED) is 0.830. The van der Waals surface area contributed by atoms with Gasteiger partial charge in [-0.1, -0.05) is 11.6 Å². The van der Waals surface area contributed by atoms with Gasteiger partial charge in [-0.3, -0.25) is 9.78 Å². The second-order valence-electron chi connectivity index (χ2n) is 3.51. The van der Waals surface area contributed by atoms with Crippen LogP contribution in [0.4, 0.5) is 5.69 Å².